The maximum atomic E-state index is 15.0. The summed E-state index contributed by atoms with van der Waals surface area (Å²) in [4.78, 5) is 29.6. The van der Waals surface area contributed by atoms with Gasteiger partial charge in [-0.1, -0.05) is 91.3 Å². The summed E-state index contributed by atoms with van der Waals surface area (Å²) < 4.78 is 44.6. The Hall–Kier alpha value is -4.50. The lowest BCUT2D eigenvalue weighted by Gasteiger charge is -2.34. The molecule has 1 atom stereocenters. The molecule has 0 saturated heterocycles. The Labute approximate surface area is 265 Å². The molecular weight excluding hydrogens is 589 g/mol. The number of halogens is 1. The first-order chi connectivity index (χ1) is 21.5. The van der Waals surface area contributed by atoms with E-state index < -0.39 is 40.2 Å². The van der Waals surface area contributed by atoms with Crippen molar-refractivity contribution in [2.24, 2.45) is 0 Å². The van der Waals surface area contributed by atoms with Gasteiger partial charge in [0.15, 0.2) is 0 Å². The molecule has 0 heterocycles. The minimum atomic E-state index is -4.23. The average molecular weight is 630 g/mol. The van der Waals surface area contributed by atoms with Gasteiger partial charge in [-0.05, 0) is 62.6 Å². The van der Waals surface area contributed by atoms with E-state index in [1.165, 1.54) is 23.1 Å². The highest BCUT2D eigenvalue weighted by Gasteiger charge is 2.35. The number of nitrogens with one attached hydrogen (secondary N) is 1. The summed E-state index contributed by atoms with van der Waals surface area (Å²) in [5.41, 5.74) is 3.00. The monoisotopic (exact) mass is 629 g/mol. The van der Waals surface area contributed by atoms with Gasteiger partial charge < -0.3 is 10.2 Å². The zero-order valence-electron chi connectivity index (χ0n) is 26.1. The third-order valence-corrected chi connectivity index (χ3v) is 9.30. The van der Waals surface area contributed by atoms with Crippen molar-refractivity contribution in [2.45, 2.75) is 64.1 Å². The Bertz CT molecular complexity index is 1710. The number of para-hydroxylation sites is 1. The van der Waals surface area contributed by atoms with Crippen molar-refractivity contribution in [1.29, 1.82) is 0 Å². The number of carbonyl (C=O) groups excluding carboxylic acids is 2. The van der Waals surface area contributed by atoms with Gasteiger partial charge in [0.05, 0.1) is 10.6 Å². The molecule has 0 aliphatic carbocycles. The first kappa shape index (κ1) is 33.4. The van der Waals surface area contributed by atoms with Crippen LogP contribution in [0.25, 0.3) is 0 Å². The molecule has 45 heavy (non-hydrogen) atoms. The van der Waals surface area contributed by atoms with Gasteiger partial charge in [0.25, 0.3) is 10.0 Å². The molecule has 9 heteroatoms. The fourth-order valence-corrected chi connectivity index (χ4v) is 6.60. The van der Waals surface area contributed by atoms with E-state index >= 15 is 4.39 Å². The standard InChI is InChI=1S/C36H40FN3O4S/c1-5-29-15-10-12-18-33(29)40(45(43,44)31-21-19-27(4)20-22-31)25-35(41)39(24-30-16-9-11-17-32(30)37)34(36(42)38-26(2)3)23-28-13-7-6-8-14-28/h6-22,26,34H,5,23-25H2,1-4H3,(H,38,42)/t34-/m1/s1. The molecule has 0 aliphatic rings. The minimum absolute atomic E-state index is 0.0332. The van der Waals surface area contributed by atoms with Gasteiger partial charge in [-0.15, -0.1) is 0 Å². The molecule has 236 valence electrons. The van der Waals surface area contributed by atoms with Crippen molar-refractivity contribution in [1.82, 2.24) is 10.2 Å². The molecule has 2 amide bonds. The Morgan fingerprint density at radius 1 is 0.822 bits per heavy atom. The average Bonchev–Trinajstić information content (AvgIpc) is 3.02. The topological polar surface area (TPSA) is 86.8 Å². The molecule has 0 unspecified atom stereocenters. The summed E-state index contributed by atoms with van der Waals surface area (Å²) in [5, 5.41) is 2.91. The van der Waals surface area contributed by atoms with Crippen molar-refractivity contribution in [3.8, 4) is 0 Å². The van der Waals surface area contributed by atoms with Crippen LogP contribution in [0.1, 0.15) is 43.0 Å². The first-order valence-electron chi connectivity index (χ1n) is 15.1. The number of rotatable bonds is 13. The largest absolute Gasteiger partial charge is 0.352 e. The highest BCUT2D eigenvalue weighted by molar-refractivity contribution is 7.92. The van der Waals surface area contributed by atoms with Gasteiger partial charge in [-0.3, -0.25) is 13.9 Å². The Kier molecular flexibility index (Phi) is 11.1. The number of carbonyl (C=O) groups is 2. The molecule has 4 aromatic rings. The fourth-order valence-electron chi connectivity index (χ4n) is 5.15. The number of sulfonamides is 1. The Morgan fingerprint density at radius 3 is 2.04 bits per heavy atom. The lowest BCUT2D eigenvalue weighted by atomic mass is 10.0. The molecule has 0 aliphatic heterocycles. The smallest absolute Gasteiger partial charge is 0.264 e. The van der Waals surface area contributed by atoms with Crippen LogP contribution in [0.5, 0.6) is 0 Å². The quantitative estimate of drug-likeness (QED) is 0.195. The van der Waals surface area contributed by atoms with E-state index in [2.05, 4.69) is 5.32 Å². The van der Waals surface area contributed by atoms with Gasteiger partial charge in [0, 0.05) is 24.6 Å². The molecule has 4 rings (SSSR count). The van der Waals surface area contributed by atoms with Crippen LogP contribution in [0.4, 0.5) is 10.1 Å². The van der Waals surface area contributed by atoms with E-state index in [4.69, 9.17) is 0 Å². The zero-order chi connectivity index (χ0) is 32.6. The lowest BCUT2D eigenvalue weighted by Crippen LogP contribution is -2.54. The van der Waals surface area contributed by atoms with Crippen LogP contribution in [-0.4, -0.2) is 43.8 Å². The van der Waals surface area contributed by atoms with Crippen LogP contribution in [-0.2, 0) is 39.0 Å². The fraction of sp³-hybridized carbons (Fsp3) is 0.278. The van der Waals surface area contributed by atoms with Gasteiger partial charge in [0.1, 0.15) is 18.4 Å². The highest BCUT2D eigenvalue weighted by atomic mass is 32.2. The number of hydrogen-bond acceptors (Lipinski definition) is 4. The number of benzene rings is 4. The second kappa shape index (κ2) is 15.0. The minimum Gasteiger partial charge on any atom is -0.352 e. The van der Waals surface area contributed by atoms with E-state index in [1.54, 1.807) is 42.5 Å². The number of hydrogen-bond donors (Lipinski definition) is 1. The molecule has 0 spiro atoms. The van der Waals surface area contributed by atoms with Crippen LogP contribution >= 0.6 is 0 Å². The maximum absolute atomic E-state index is 15.0. The molecule has 1 N–H and O–H groups in total. The molecule has 0 radical (unpaired) electrons. The SMILES string of the molecule is CCc1ccccc1N(CC(=O)N(Cc1ccccc1F)[C@H](Cc1ccccc1)C(=O)NC(C)C)S(=O)(=O)c1ccc(C)cc1. The number of aryl methyl sites for hydroxylation is 2. The van der Waals surface area contributed by atoms with Gasteiger partial charge >= 0.3 is 0 Å². The summed E-state index contributed by atoms with van der Waals surface area (Å²) >= 11 is 0. The summed E-state index contributed by atoms with van der Waals surface area (Å²) in [7, 11) is -4.23. The summed E-state index contributed by atoms with van der Waals surface area (Å²) in [5.74, 6) is -1.58. The predicted molar refractivity (Wildman–Crippen MR) is 176 cm³/mol. The molecule has 0 aromatic heterocycles. The molecule has 0 fully saturated rings. The molecule has 0 saturated carbocycles. The van der Waals surface area contributed by atoms with Gasteiger partial charge in [-0.25, -0.2) is 12.8 Å². The van der Waals surface area contributed by atoms with Crippen molar-refractivity contribution in [2.75, 3.05) is 10.8 Å². The highest BCUT2D eigenvalue weighted by Crippen LogP contribution is 2.29. The van der Waals surface area contributed by atoms with E-state index in [1.807, 2.05) is 70.2 Å². The summed E-state index contributed by atoms with van der Waals surface area (Å²) in [6.07, 6.45) is 0.673. The second-order valence-electron chi connectivity index (χ2n) is 11.3. The third kappa shape index (κ3) is 8.36. The zero-order valence-corrected chi connectivity index (χ0v) is 26.9. The van der Waals surface area contributed by atoms with Crippen molar-refractivity contribution in [3.63, 3.8) is 0 Å². The molecular formula is C36H40FN3O4S. The van der Waals surface area contributed by atoms with Crippen LogP contribution in [0.3, 0.4) is 0 Å². The Balaban J connectivity index is 1.84. The van der Waals surface area contributed by atoms with Crippen LogP contribution in [0.2, 0.25) is 0 Å². The summed E-state index contributed by atoms with van der Waals surface area (Å²) in [6, 6.07) is 27.5. The van der Waals surface area contributed by atoms with Crippen LogP contribution < -0.4 is 9.62 Å². The van der Waals surface area contributed by atoms with Crippen molar-refractivity contribution < 1.29 is 22.4 Å². The van der Waals surface area contributed by atoms with E-state index in [0.29, 0.717) is 12.1 Å². The predicted octanol–water partition coefficient (Wildman–Crippen LogP) is 6.06. The van der Waals surface area contributed by atoms with E-state index in [-0.39, 0.29) is 29.5 Å². The lowest BCUT2D eigenvalue weighted by molar-refractivity contribution is -0.140. The molecule has 0 bridgehead atoms. The second-order valence-corrected chi connectivity index (χ2v) is 13.2. The number of anilines is 1. The maximum Gasteiger partial charge on any atom is 0.264 e. The van der Waals surface area contributed by atoms with Crippen LogP contribution in [0.15, 0.2) is 108 Å². The van der Waals surface area contributed by atoms with Crippen LogP contribution in [0, 0.1) is 12.7 Å². The molecule has 4 aromatic carbocycles. The van der Waals surface area contributed by atoms with Gasteiger partial charge in [-0.2, -0.15) is 0 Å². The number of amides is 2. The normalized spacial score (nSPS) is 12.0. The van der Waals surface area contributed by atoms with Gasteiger partial charge in [0.2, 0.25) is 11.8 Å². The van der Waals surface area contributed by atoms with Crippen molar-refractivity contribution >= 4 is 27.5 Å². The Morgan fingerprint density at radius 2 is 1.42 bits per heavy atom. The number of nitrogens with zero attached hydrogens (tertiary/aromatic N) is 2. The van der Waals surface area contributed by atoms with E-state index in [0.717, 1.165) is 21.0 Å². The molecule has 7 nitrogen and oxygen atoms in total. The van der Waals surface area contributed by atoms with Crippen molar-refractivity contribution in [3.05, 3.63) is 131 Å². The first-order valence-corrected chi connectivity index (χ1v) is 16.5. The summed E-state index contributed by atoms with van der Waals surface area (Å²) in [6.45, 7) is 6.58. The third-order valence-electron chi connectivity index (χ3n) is 7.53. The van der Waals surface area contributed by atoms with E-state index in [9.17, 15) is 18.0 Å².